The highest BCUT2D eigenvalue weighted by atomic mass is 32.1. The van der Waals surface area contributed by atoms with Crippen LogP contribution in [-0.2, 0) is 9.53 Å². The molecule has 0 bridgehead atoms. The lowest BCUT2D eigenvalue weighted by molar-refractivity contribution is -0.130. The Hall–Kier alpha value is -2.68. The molecule has 148 valence electrons. The Kier molecular flexibility index (Phi) is 6.45. The number of hydrogen-bond donors (Lipinski definition) is 2. The van der Waals surface area contributed by atoms with E-state index in [4.69, 9.17) is 14.6 Å². The van der Waals surface area contributed by atoms with Gasteiger partial charge in [-0.1, -0.05) is 24.3 Å². The van der Waals surface area contributed by atoms with Crippen LogP contribution in [0.4, 0.5) is 0 Å². The maximum atomic E-state index is 13.1. The van der Waals surface area contributed by atoms with E-state index in [0.29, 0.717) is 16.2 Å². The van der Waals surface area contributed by atoms with Crippen LogP contribution in [0.2, 0.25) is 0 Å². The van der Waals surface area contributed by atoms with Crippen molar-refractivity contribution in [3.63, 3.8) is 0 Å². The minimum Gasteiger partial charge on any atom is -0.503 e. The molecular weight excluding hydrogens is 382 g/mol. The van der Waals surface area contributed by atoms with Crippen LogP contribution in [0.25, 0.3) is 0 Å². The van der Waals surface area contributed by atoms with Crippen LogP contribution in [0.3, 0.4) is 0 Å². The number of aliphatic hydroxyl groups excluding tert-OH is 2. The molecule has 2 N–H and O–H groups in total. The first-order valence-electron chi connectivity index (χ1n) is 8.74. The van der Waals surface area contributed by atoms with E-state index in [-0.39, 0.29) is 31.9 Å². The molecule has 1 aliphatic rings. The van der Waals surface area contributed by atoms with Gasteiger partial charge in [0.05, 0.1) is 43.4 Å². The topological polar surface area (TPSA) is 96.3 Å². The molecule has 1 aromatic carbocycles. The van der Waals surface area contributed by atoms with Crippen molar-refractivity contribution in [1.82, 2.24) is 4.90 Å². The lowest BCUT2D eigenvalue weighted by Gasteiger charge is -2.27. The van der Waals surface area contributed by atoms with Crippen LogP contribution in [0, 0.1) is 0 Å². The first-order chi connectivity index (χ1) is 13.6. The highest BCUT2D eigenvalue weighted by molar-refractivity contribution is 7.12. The standard InChI is InChI=1S/C20H21NO6S/c1-26-14-6-3-2-5-13(14)17-16(18(23)15-7-4-12-28-15)19(24)20(25)21(17)8-10-27-11-9-22/h2-7,12,17,22,24H,8-11H2,1H3/t17-/m0/s1. The van der Waals surface area contributed by atoms with E-state index in [1.807, 2.05) is 0 Å². The molecule has 0 unspecified atom stereocenters. The van der Waals surface area contributed by atoms with Crippen molar-refractivity contribution >= 4 is 23.0 Å². The molecule has 3 rings (SSSR count). The number of benzene rings is 1. The van der Waals surface area contributed by atoms with E-state index in [9.17, 15) is 14.7 Å². The van der Waals surface area contributed by atoms with Crippen LogP contribution in [0.1, 0.15) is 21.3 Å². The number of methoxy groups -OCH3 is 1. The Balaban J connectivity index is 2.02. The SMILES string of the molecule is COc1ccccc1[C@H]1C(C(=O)c2cccs2)=C(O)C(=O)N1CCOCCO. The third-order valence-corrected chi connectivity index (χ3v) is 5.31. The lowest BCUT2D eigenvalue weighted by atomic mass is 9.94. The van der Waals surface area contributed by atoms with Gasteiger partial charge in [0.25, 0.3) is 5.91 Å². The Bertz CT molecular complexity index is 877. The van der Waals surface area contributed by atoms with E-state index in [0.717, 1.165) is 0 Å². The van der Waals surface area contributed by atoms with Gasteiger partial charge in [-0.25, -0.2) is 0 Å². The van der Waals surface area contributed by atoms with Crippen LogP contribution in [0.15, 0.2) is 53.1 Å². The average molecular weight is 403 g/mol. The number of ether oxygens (including phenoxy) is 2. The van der Waals surface area contributed by atoms with Crippen molar-refractivity contribution in [2.24, 2.45) is 0 Å². The summed E-state index contributed by atoms with van der Waals surface area (Å²) in [7, 11) is 1.51. The van der Waals surface area contributed by atoms with Crippen LogP contribution < -0.4 is 4.74 Å². The molecule has 8 heteroatoms. The van der Waals surface area contributed by atoms with Gasteiger partial charge in [-0.3, -0.25) is 9.59 Å². The Morgan fingerprint density at radius 3 is 2.68 bits per heavy atom. The molecule has 1 aliphatic heterocycles. The first-order valence-corrected chi connectivity index (χ1v) is 9.62. The minimum atomic E-state index is -0.795. The first kappa shape index (κ1) is 20.1. The average Bonchev–Trinajstić information content (AvgIpc) is 3.33. The van der Waals surface area contributed by atoms with Crippen molar-refractivity contribution in [2.75, 3.05) is 33.5 Å². The molecule has 1 amide bonds. The zero-order valence-electron chi connectivity index (χ0n) is 15.3. The van der Waals surface area contributed by atoms with Gasteiger partial charge in [0.15, 0.2) is 5.76 Å². The number of carbonyl (C=O) groups is 2. The Morgan fingerprint density at radius 2 is 2.00 bits per heavy atom. The van der Waals surface area contributed by atoms with Crippen LogP contribution >= 0.6 is 11.3 Å². The summed E-state index contributed by atoms with van der Waals surface area (Å²) in [6, 6.07) is 9.68. The van der Waals surface area contributed by atoms with Crippen LogP contribution in [-0.4, -0.2) is 60.3 Å². The van der Waals surface area contributed by atoms with Gasteiger partial charge >= 0.3 is 0 Å². The Morgan fingerprint density at radius 1 is 1.21 bits per heavy atom. The molecule has 2 aromatic rings. The summed E-state index contributed by atoms with van der Waals surface area (Å²) in [5, 5.41) is 21.2. The molecular formula is C20H21NO6S. The van der Waals surface area contributed by atoms with Gasteiger partial charge in [-0.15, -0.1) is 11.3 Å². The van der Waals surface area contributed by atoms with Gasteiger partial charge in [-0.05, 0) is 17.5 Å². The number of aliphatic hydroxyl groups is 2. The van der Waals surface area contributed by atoms with E-state index in [2.05, 4.69) is 0 Å². The van der Waals surface area contributed by atoms with E-state index >= 15 is 0 Å². The number of amides is 1. The number of para-hydroxylation sites is 1. The summed E-state index contributed by atoms with van der Waals surface area (Å²) in [4.78, 5) is 27.7. The number of hydrogen-bond acceptors (Lipinski definition) is 7. The van der Waals surface area contributed by atoms with Crippen molar-refractivity contribution in [2.45, 2.75) is 6.04 Å². The monoisotopic (exact) mass is 403 g/mol. The number of rotatable bonds is 9. The maximum Gasteiger partial charge on any atom is 0.290 e. The van der Waals surface area contributed by atoms with E-state index in [1.54, 1.807) is 41.8 Å². The Labute approximate surface area is 166 Å². The largest absolute Gasteiger partial charge is 0.503 e. The lowest BCUT2D eigenvalue weighted by Crippen LogP contribution is -2.34. The van der Waals surface area contributed by atoms with Crippen molar-refractivity contribution in [1.29, 1.82) is 0 Å². The predicted octanol–water partition coefficient (Wildman–Crippen LogP) is 2.34. The summed E-state index contributed by atoms with van der Waals surface area (Å²) >= 11 is 1.25. The van der Waals surface area contributed by atoms with Gasteiger partial charge in [-0.2, -0.15) is 0 Å². The predicted molar refractivity (Wildman–Crippen MR) is 104 cm³/mol. The smallest absolute Gasteiger partial charge is 0.290 e. The zero-order chi connectivity index (χ0) is 20.1. The fourth-order valence-electron chi connectivity index (χ4n) is 3.20. The number of ketones is 1. The van der Waals surface area contributed by atoms with E-state index < -0.39 is 23.5 Å². The third-order valence-electron chi connectivity index (χ3n) is 4.44. The number of thiophene rings is 1. The van der Waals surface area contributed by atoms with Crippen molar-refractivity contribution in [3.05, 3.63) is 63.6 Å². The fraction of sp³-hybridized carbons (Fsp3) is 0.300. The molecule has 0 radical (unpaired) electrons. The molecule has 1 atom stereocenters. The maximum absolute atomic E-state index is 13.1. The molecule has 7 nitrogen and oxygen atoms in total. The number of Topliss-reactive ketones (excluding diaryl/α,β-unsaturated/α-hetero) is 1. The van der Waals surface area contributed by atoms with Crippen molar-refractivity contribution in [3.8, 4) is 5.75 Å². The van der Waals surface area contributed by atoms with E-state index in [1.165, 1.54) is 23.3 Å². The number of nitrogens with zero attached hydrogens (tertiary/aromatic N) is 1. The molecule has 0 aliphatic carbocycles. The zero-order valence-corrected chi connectivity index (χ0v) is 16.1. The summed E-state index contributed by atoms with van der Waals surface area (Å²) in [5.41, 5.74) is 0.628. The fourth-order valence-corrected chi connectivity index (χ4v) is 3.88. The molecule has 0 fully saturated rings. The summed E-state index contributed by atoms with van der Waals surface area (Å²) < 4.78 is 10.7. The molecule has 0 saturated carbocycles. The molecule has 0 spiro atoms. The normalized spacial score (nSPS) is 16.7. The second-order valence-electron chi connectivity index (χ2n) is 6.05. The number of carbonyl (C=O) groups excluding carboxylic acids is 2. The highest BCUT2D eigenvalue weighted by Crippen LogP contribution is 2.42. The van der Waals surface area contributed by atoms with Crippen LogP contribution in [0.5, 0.6) is 5.75 Å². The third kappa shape index (κ3) is 3.80. The molecule has 1 aromatic heterocycles. The molecule has 0 saturated heterocycles. The van der Waals surface area contributed by atoms with Gasteiger partial charge in [0, 0.05) is 12.1 Å². The second kappa shape index (κ2) is 9.01. The van der Waals surface area contributed by atoms with Crippen molar-refractivity contribution < 1.29 is 29.3 Å². The van der Waals surface area contributed by atoms with Gasteiger partial charge in [0.1, 0.15) is 5.75 Å². The molecule has 2 heterocycles. The highest BCUT2D eigenvalue weighted by Gasteiger charge is 2.44. The minimum absolute atomic E-state index is 0.0270. The summed E-state index contributed by atoms with van der Waals surface area (Å²) in [5.74, 6) is -1.08. The second-order valence-corrected chi connectivity index (χ2v) is 7.00. The summed E-state index contributed by atoms with van der Waals surface area (Å²) in [6.07, 6.45) is 0. The molecule has 28 heavy (non-hydrogen) atoms. The van der Waals surface area contributed by atoms with Gasteiger partial charge < -0.3 is 24.6 Å². The van der Waals surface area contributed by atoms with Gasteiger partial charge in [0.2, 0.25) is 5.78 Å². The quantitative estimate of drug-likeness (QED) is 0.493. The summed E-state index contributed by atoms with van der Waals surface area (Å²) in [6.45, 7) is 0.315.